The summed E-state index contributed by atoms with van der Waals surface area (Å²) in [6.07, 6.45) is 2.33. The van der Waals surface area contributed by atoms with Crippen molar-refractivity contribution in [2.24, 2.45) is 0 Å². The summed E-state index contributed by atoms with van der Waals surface area (Å²) in [5, 5.41) is 6.18. The molecule has 2 unspecified atom stereocenters. The Kier molecular flexibility index (Phi) is 4.79. The summed E-state index contributed by atoms with van der Waals surface area (Å²) in [5.74, 6) is 2.37. The van der Waals surface area contributed by atoms with Gasteiger partial charge in [-0.25, -0.2) is 0 Å². The molecule has 4 rings (SSSR count). The first kappa shape index (κ1) is 17.9. The molecule has 0 heterocycles. The van der Waals surface area contributed by atoms with E-state index in [0.29, 0.717) is 5.92 Å². The van der Waals surface area contributed by atoms with Gasteiger partial charge in [0.05, 0.1) is 14.2 Å². The lowest BCUT2D eigenvalue weighted by Gasteiger charge is -2.19. The van der Waals surface area contributed by atoms with Gasteiger partial charge in [-0.3, -0.25) is 0 Å². The summed E-state index contributed by atoms with van der Waals surface area (Å²) in [7, 11) is 3.43. The molecule has 0 bridgehead atoms. The summed E-state index contributed by atoms with van der Waals surface area (Å²) in [6, 6.07) is 21.3. The minimum atomic E-state index is 0.201. The molecule has 1 N–H and O–H groups in total. The van der Waals surface area contributed by atoms with Crippen LogP contribution in [0.15, 0.2) is 60.7 Å². The molecule has 1 fully saturated rings. The number of nitrogens with one attached hydrogen (secondary N) is 1. The molecule has 0 amide bonds. The molecule has 1 saturated carbocycles. The summed E-state index contributed by atoms with van der Waals surface area (Å²) in [4.78, 5) is 0. The Hall–Kier alpha value is -2.52. The van der Waals surface area contributed by atoms with Crippen LogP contribution in [0, 0.1) is 0 Å². The van der Waals surface area contributed by atoms with Crippen molar-refractivity contribution in [1.82, 2.24) is 5.32 Å². The van der Waals surface area contributed by atoms with E-state index in [2.05, 4.69) is 66.8 Å². The molecule has 3 aromatic carbocycles. The highest BCUT2D eigenvalue weighted by molar-refractivity contribution is 5.92. The van der Waals surface area contributed by atoms with Gasteiger partial charge in [-0.2, -0.15) is 0 Å². The van der Waals surface area contributed by atoms with Crippen LogP contribution in [-0.2, 0) is 6.54 Å². The topological polar surface area (TPSA) is 30.5 Å². The van der Waals surface area contributed by atoms with Crippen LogP contribution >= 0.6 is 0 Å². The van der Waals surface area contributed by atoms with Crippen LogP contribution in [0.4, 0.5) is 0 Å². The van der Waals surface area contributed by atoms with Gasteiger partial charge in [0.2, 0.25) is 0 Å². The van der Waals surface area contributed by atoms with Crippen LogP contribution in [0.5, 0.6) is 11.5 Å². The second-order valence-electron chi connectivity index (χ2n) is 7.37. The monoisotopic (exact) mass is 361 g/mol. The van der Waals surface area contributed by atoms with Crippen LogP contribution in [0.1, 0.15) is 36.8 Å². The summed E-state index contributed by atoms with van der Waals surface area (Å²) in [5.41, 5.74) is 2.91. The maximum atomic E-state index is 5.55. The van der Waals surface area contributed by atoms with E-state index in [1.54, 1.807) is 14.2 Å². The number of benzene rings is 3. The minimum absolute atomic E-state index is 0.201. The standard InChI is InChI=1S/C24H27NO2/c1-4-24(15-22(24)17-8-6-5-7-9-17)25-16-18-10-13-23(27-3)20-12-11-19(26-2)14-21(18)20/h5-14,22,25H,4,15-16H2,1-3H3. The molecule has 3 aromatic rings. The Morgan fingerprint density at radius 1 is 0.963 bits per heavy atom. The molecule has 3 nitrogen and oxygen atoms in total. The lowest BCUT2D eigenvalue weighted by atomic mass is 10.0. The van der Waals surface area contributed by atoms with Crippen LogP contribution in [0.3, 0.4) is 0 Å². The van der Waals surface area contributed by atoms with E-state index in [0.717, 1.165) is 29.9 Å². The Morgan fingerprint density at radius 2 is 1.78 bits per heavy atom. The third-order valence-corrected chi connectivity index (χ3v) is 6.03. The second-order valence-corrected chi connectivity index (χ2v) is 7.37. The number of fused-ring (bicyclic) bond motifs is 1. The fourth-order valence-corrected chi connectivity index (χ4v) is 4.23. The maximum Gasteiger partial charge on any atom is 0.126 e. The lowest BCUT2D eigenvalue weighted by Crippen LogP contribution is -2.32. The van der Waals surface area contributed by atoms with Crippen molar-refractivity contribution in [2.75, 3.05) is 14.2 Å². The predicted molar refractivity (Wildman–Crippen MR) is 111 cm³/mol. The van der Waals surface area contributed by atoms with Crippen molar-refractivity contribution in [3.8, 4) is 11.5 Å². The zero-order valence-corrected chi connectivity index (χ0v) is 16.3. The molecule has 1 aliphatic carbocycles. The lowest BCUT2D eigenvalue weighted by molar-refractivity contribution is 0.414. The molecule has 2 atom stereocenters. The third kappa shape index (κ3) is 3.28. The van der Waals surface area contributed by atoms with Crippen molar-refractivity contribution < 1.29 is 9.47 Å². The molecule has 0 radical (unpaired) electrons. The molecular weight excluding hydrogens is 334 g/mol. The van der Waals surface area contributed by atoms with Crippen LogP contribution in [-0.4, -0.2) is 19.8 Å². The maximum absolute atomic E-state index is 5.55. The smallest absolute Gasteiger partial charge is 0.126 e. The highest BCUT2D eigenvalue weighted by Crippen LogP contribution is 2.53. The van der Waals surface area contributed by atoms with Crippen molar-refractivity contribution in [2.45, 2.75) is 37.8 Å². The van der Waals surface area contributed by atoms with Crippen molar-refractivity contribution in [1.29, 1.82) is 0 Å². The summed E-state index contributed by atoms with van der Waals surface area (Å²) in [6.45, 7) is 3.12. The van der Waals surface area contributed by atoms with Gasteiger partial charge < -0.3 is 14.8 Å². The predicted octanol–water partition coefficient (Wildman–Crippen LogP) is 5.28. The molecule has 0 saturated heterocycles. The number of methoxy groups -OCH3 is 2. The van der Waals surface area contributed by atoms with Crippen molar-refractivity contribution >= 4 is 10.8 Å². The van der Waals surface area contributed by atoms with Crippen LogP contribution < -0.4 is 14.8 Å². The van der Waals surface area contributed by atoms with E-state index < -0.39 is 0 Å². The van der Waals surface area contributed by atoms with Crippen LogP contribution in [0.25, 0.3) is 10.8 Å². The van der Waals surface area contributed by atoms with Gasteiger partial charge >= 0.3 is 0 Å². The fraction of sp³-hybridized carbons (Fsp3) is 0.333. The Morgan fingerprint density at radius 3 is 2.48 bits per heavy atom. The zero-order chi connectivity index (χ0) is 18.9. The molecule has 1 aliphatic rings. The number of rotatable bonds is 7. The number of hydrogen-bond acceptors (Lipinski definition) is 3. The minimum Gasteiger partial charge on any atom is -0.497 e. The molecule has 27 heavy (non-hydrogen) atoms. The molecule has 3 heteroatoms. The van der Waals surface area contributed by atoms with E-state index in [4.69, 9.17) is 9.47 Å². The van der Waals surface area contributed by atoms with E-state index in [-0.39, 0.29) is 5.54 Å². The first-order valence-electron chi connectivity index (χ1n) is 9.64. The average Bonchev–Trinajstić information content (AvgIpc) is 3.47. The zero-order valence-electron chi connectivity index (χ0n) is 16.3. The molecule has 140 valence electrons. The Labute approximate surface area is 161 Å². The quantitative estimate of drug-likeness (QED) is 0.621. The molecule has 0 spiro atoms. The first-order chi connectivity index (χ1) is 13.2. The van der Waals surface area contributed by atoms with E-state index in [1.165, 1.54) is 22.9 Å². The SMILES string of the molecule is CCC1(NCc2ccc(OC)c3ccc(OC)cc23)CC1c1ccccc1. The highest BCUT2D eigenvalue weighted by Gasteiger charge is 2.52. The first-order valence-corrected chi connectivity index (χ1v) is 9.64. The van der Waals surface area contributed by atoms with Gasteiger partial charge in [0.1, 0.15) is 11.5 Å². The second kappa shape index (κ2) is 7.24. The fourth-order valence-electron chi connectivity index (χ4n) is 4.23. The van der Waals surface area contributed by atoms with E-state index >= 15 is 0 Å². The average molecular weight is 361 g/mol. The third-order valence-electron chi connectivity index (χ3n) is 6.03. The highest BCUT2D eigenvalue weighted by atomic mass is 16.5. The van der Waals surface area contributed by atoms with Gasteiger partial charge in [0.15, 0.2) is 0 Å². The number of ether oxygens (including phenoxy) is 2. The summed E-state index contributed by atoms with van der Waals surface area (Å²) < 4.78 is 11.0. The van der Waals surface area contributed by atoms with E-state index in [9.17, 15) is 0 Å². The number of hydrogen-bond donors (Lipinski definition) is 1. The van der Waals surface area contributed by atoms with Gasteiger partial charge in [-0.1, -0.05) is 43.3 Å². The largest absolute Gasteiger partial charge is 0.497 e. The van der Waals surface area contributed by atoms with Gasteiger partial charge in [-0.15, -0.1) is 0 Å². The van der Waals surface area contributed by atoms with Gasteiger partial charge in [-0.05, 0) is 53.6 Å². The Bertz CT molecular complexity index is 938. The summed E-state index contributed by atoms with van der Waals surface area (Å²) >= 11 is 0. The van der Waals surface area contributed by atoms with Gasteiger partial charge in [0, 0.05) is 23.4 Å². The van der Waals surface area contributed by atoms with E-state index in [1.807, 2.05) is 6.07 Å². The normalized spacial score (nSPS) is 21.2. The Balaban J connectivity index is 1.60. The van der Waals surface area contributed by atoms with Crippen molar-refractivity contribution in [3.63, 3.8) is 0 Å². The van der Waals surface area contributed by atoms with Crippen LogP contribution in [0.2, 0.25) is 0 Å². The van der Waals surface area contributed by atoms with Gasteiger partial charge in [0.25, 0.3) is 0 Å². The molecule has 0 aromatic heterocycles. The molecule has 0 aliphatic heterocycles. The molecular formula is C24H27NO2. The van der Waals surface area contributed by atoms with Crippen molar-refractivity contribution in [3.05, 3.63) is 71.8 Å².